The number of amides is 1. The molecule has 0 radical (unpaired) electrons. The molecule has 98 valence electrons. The number of piperidine rings is 2. The summed E-state index contributed by atoms with van der Waals surface area (Å²) in [5.74, 6) is 0.139. The predicted octanol–water partition coefficient (Wildman–Crippen LogP) is 0.726. The zero-order valence-corrected chi connectivity index (χ0v) is 11.2. The first kappa shape index (κ1) is 12.8. The summed E-state index contributed by atoms with van der Waals surface area (Å²) in [4.78, 5) is 14.4. The summed E-state index contributed by atoms with van der Waals surface area (Å²) in [5, 5.41) is 6.18. The number of likely N-dealkylation sites (N-methyl/N-ethyl adjacent to an activating group) is 1. The minimum atomic E-state index is -0.0884. The second-order valence-corrected chi connectivity index (χ2v) is 5.59. The van der Waals surface area contributed by atoms with E-state index in [9.17, 15) is 4.79 Å². The van der Waals surface area contributed by atoms with Crippen LogP contribution < -0.4 is 10.6 Å². The molecule has 0 aliphatic carbocycles. The Morgan fingerprint density at radius 2 is 1.88 bits per heavy atom. The number of carbonyl (C=O) groups is 1. The number of hydrogen-bond acceptors (Lipinski definition) is 3. The van der Waals surface area contributed by atoms with Gasteiger partial charge in [-0.1, -0.05) is 6.42 Å². The summed E-state index contributed by atoms with van der Waals surface area (Å²) in [6.07, 6.45) is 6.18. The summed E-state index contributed by atoms with van der Waals surface area (Å²) in [6.45, 7) is 1.91. The zero-order chi connectivity index (χ0) is 12.4. The lowest BCUT2D eigenvalue weighted by Gasteiger charge is -2.47. The molecule has 3 unspecified atom stereocenters. The van der Waals surface area contributed by atoms with Crippen molar-refractivity contribution in [3.63, 3.8) is 0 Å². The lowest BCUT2D eigenvalue weighted by molar-refractivity contribution is -0.124. The van der Waals surface area contributed by atoms with Crippen molar-refractivity contribution in [2.24, 2.45) is 0 Å². The Labute approximate surface area is 104 Å². The average Bonchev–Trinajstić information content (AvgIpc) is 2.29. The first-order valence-electron chi connectivity index (χ1n) is 6.81. The van der Waals surface area contributed by atoms with Crippen LogP contribution in [0, 0.1) is 0 Å². The summed E-state index contributed by atoms with van der Waals surface area (Å²) in [6, 6.07) is 1.65. The van der Waals surface area contributed by atoms with Crippen molar-refractivity contribution in [2.75, 3.05) is 14.1 Å². The largest absolute Gasteiger partial charge is 0.352 e. The van der Waals surface area contributed by atoms with Crippen LogP contribution in [0.25, 0.3) is 0 Å². The molecule has 2 saturated heterocycles. The van der Waals surface area contributed by atoms with Crippen molar-refractivity contribution < 1.29 is 4.79 Å². The highest BCUT2D eigenvalue weighted by Gasteiger charge is 2.36. The van der Waals surface area contributed by atoms with Gasteiger partial charge in [0, 0.05) is 18.1 Å². The maximum absolute atomic E-state index is 11.9. The van der Waals surface area contributed by atoms with Crippen molar-refractivity contribution in [2.45, 2.75) is 63.2 Å². The van der Waals surface area contributed by atoms with Crippen LogP contribution in [0.5, 0.6) is 0 Å². The van der Waals surface area contributed by atoms with Crippen molar-refractivity contribution >= 4 is 5.91 Å². The maximum Gasteiger partial charge on any atom is 0.237 e. The maximum atomic E-state index is 11.9. The molecule has 2 rings (SSSR count). The van der Waals surface area contributed by atoms with E-state index in [0.29, 0.717) is 18.1 Å². The molecule has 2 bridgehead atoms. The van der Waals surface area contributed by atoms with Crippen molar-refractivity contribution in [1.29, 1.82) is 0 Å². The summed E-state index contributed by atoms with van der Waals surface area (Å²) in [5.41, 5.74) is 0. The minimum Gasteiger partial charge on any atom is -0.352 e. The molecule has 4 heteroatoms. The van der Waals surface area contributed by atoms with Gasteiger partial charge in [0.1, 0.15) is 0 Å². The third-order valence-electron chi connectivity index (χ3n) is 4.51. The van der Waals surface area contributed by atoms with Gasteiger partial charge in [-0.2, -0.15) is 0 Å². The van der Waals surface area contributed by atoms with Crippen LogP contribution in [-0.4, -0.2) is 49.1 Å². The molecule has 2 N–H and O–H groups in total. The fourth-order valence-corrected chi connectivity index (χ4v) is 3.19. The average molecular weight is 239 g/mol. The molecule has 3 atom stereocenters. The van der Waals surface area contributed by atoms with Crippen LogP contribution >= 0.6 is 0 Å². The molecule has 0 aromatic carbocycles. The zero-order valence-electron chi connectivity index (χ0n) is 11.2. The lowest BCUT2D eigenvalue weighted by Crippen LogP contribution is -2.56. The van der Waals surface area contributed by atoms with E-state index < -0.39 is 0 Å². The highest BCUT2D eigenvalue weighted by molar-refractivity contribution is 5.81. The van der Waals surface area contributed by atoms with Crippen LogP contribution in [0.4, 0.5) is 0 Å². The van der Waals surface area contributed by atoms with Gasteiger partial charge in [-0.25, -0.2) is 0 Å². The molecule has 2 heterocycles. The monoisotopic (exact) mass is 239 g/mol. The highest BCUT2D eigenvalue weighted by atomic mass is 16.2. The Hall–Kier alpha value is -0.610. The van der Waals surface area contributed by atoms with Crippen molar-refractivity contribution in [1.82, 2.24) is 15.5 Å². The first-order chi connectivity index (χ1) is 8.11. The van der Waals surface area contributed by atoms with Crippen LogP contribution in [0.15, 0.2) is 0 Å². The minimum absolute atomic E-state index is 0.0884. The number of nitrogens with one attached hydrogen (secondary N) is 2. The van der Waals surface area contributed by atoms with Crippen LogP contribution in [0.1, 0.15) is 39.0 Å². The van der Waals surface area contributed by atoms with Crippen LogP contribution in [0.2, 0.25) is 0 Å². The third kappa shape index (κ3) is 2.80. The third-order valence-corrected chi connectivity index (χ3v) is 4.51. The van der Waals surface area contributed by atoms with E-state index in [1.165, 1.54) is 19.3 Å². The molecule has 1 amide bonds. The highest BCUT2D eigenvalue weighted by Crippen LogP contribution is 2.32. The molecular formula is C13H25N3O. The topological polar surface area (TPSA) is 44.4 Å². The van der Waals surface area contributed by atoms with Gasteiger partial charge in [0.25, 0.3) is 0 Å². The van der Waals surface area contributed by atoms with Gasteiger partial charge in [-0.05, 0) is 46.7 Å². The molecule has 0 saturated carbocycles. The smallest absolute Gasteiger partial charge is 0.237 e. The number of carbonyl (C=O) groups excluding carboxylic acids is 1. The summed E-state index contributed by atoms with van der Waals surface area (Å²) < 4.78 is 0. The van der Waals surface area contributed by atoms with Gasteiger partial charge in [-0.3, -0.25) is 4.79 Å². The van der Waals surface area contributed by atoms with E-state index in [4.69, 9.17) is 0 Å². The predicted molar refractivity (Wildman–Crippen MR) is 68.9 cm³/mol. The number of fused-ring (bicyclic) bond motifs is 2. The lowest BCUT2D eigenvalue weighted by atomic mass is 9.82. The number of rotatable bonds is 3. The fourth-order valence-electron chi connectivity index (χ4n) is 3.19. The molecule has 0 spiro atoms. The van der Waals surface area contributed by atoms with E-state index in [1.54, 1.807) is 0 Å². The Kier molecular flexibility index (Phi) is 4.05. The van der Waals surface area contributed by atoms with Gasteiger partial charge < -0.3 is 15.5 Å². The first-order valence-corrected chi connectivity index (χ1v) is 6.81. The van der Waals surface area contributed by atoms with Crippen molar-refractivity contribution in [3.05, 3.63) is 0 Å². The van der Waals surface area contributed by atoms with Gasteiger partial charge in [0.15, 0.2) is 0 Å². The van der Waals surface area contributed by atoms with Crippen molar-refractivity contribution in [3.8, 4) is 0 Å². The molecule has 2 aliphatic rings. The molecule has 4 nitrogen and oxygen atoms in total. The Bertz CT molecular complexity index is 268. The molecule has 2 fully saturated rings. The van der Waals surface area contributed by atoms with Gasteiger partial charge in [-0.15, -0.1) is 0 Å². The van der Waals surface area contributed by atoms with E-state index in [-0.39, 0.29) is 11.9 Å². The Morgan fingerprint density at radius 1 is 1.29 bits per heavy atom. The SMILES string of the molecule is CNC(C)C(=O)NC1CC2CCCC(C1)N2C. The van der Waals surface area contributed by atoms with E-state index in [0.717, 1.165) is 12.8 Å². The molecule has 17 heavy (non-hydrogen) atoms. The Balaban J connectivity index is 1.89. The summed E-state index contributed by atoms with van der Waals surface area (Å²) >= 11 is 0. The molecule has 0 aromatic heterocycles. The molecular weight excluding hydrogens is 214 g/mol. The van der Waals surface area contributed by atoms with Gasteiger partial charge in [0.2, 0.25) is 5.91 Å². The normalized spacial score (nSPS) is 35.4. The van der Waals surface area contributed by atoms with Crippen LogP contribution in [-0.2, 0) is 4.79 Å². The molecule has 0 aromatic rings. The second kappa shape index (κ2) is 5.36. The van der Waals surface area contributed by atoms with Gasteiger partial charge >= 0.3 is 0 Å². The van der Waals surface area contributed by atoms with E-state index >= 15 is 0 Å². The van der Waals surface area contributed by atoms with E-state index in [2.05, 4.69) is 22.6 Å². The quantitative estimate of drug-likeness (QED) is 0.763. The Morgan fingerprint density at radius 3 is 2.41 bits per heavy atom. The number of nitrogens with zero attached hydrogens (tertiary/aromatic N) is 1. The van der Waals surface area contributed by atoms with E-state index in [1.807, 2.05) is 14.0 Å². The standard InChI is InChI=1S/C13H25N3O/c1-9(14-2)13(17)15-10-7-11-5-4-6-12(8-10)16(11)3/h9-12,14H,4-8H2,1-3H3,(H,15,17). The second-order valence-electron chi connectivity index (χ2n) is 5.59. The van der Waals surface area contributed by atoms with Gasteiger partial charge in [0.05, 0.1) is 6.04 Å². The number of hydrogen-bond donors (Lipinski definition) is 2. The summed E-state index contributed by atoms with van der Waals surface area (Å²) in [7, 11) is 4.07. The fraction of sp³-hybridized carbons (Fsp3) is 0.923. The molecule has 2 aliphatic heterocycles. The van der Waals surface area contributed by atoms with Crippen LogP contribution in [0.3, 0.4) is 0 Å².